The van der Waals surface area contributed by atoms with E-state index in [1.54, 1.807) is 0 Å². The van der Waals surface area contributed by atoms with Crippen LogP contribution in [0.25, 0.3) is 0 Å². The minimum Gasteiger partial charge on any atom is -0.321 e. The predicted molar refractivity (Wildman–Crippen MR) is 88.1 cm³/mol. The Morgan fingerprint density at radius 3 is 2.29 bits per heavy atom. The zero-order valence-corrected chi connectivity index (χ0v) is 14.0. The Bertz CT molecular complexity index is 847. The summed E-state index contributed by atoms with van der Waals surface area (Å²) in [6.07, 6.45) is 0.739. The van der Waals surface area contributed by atoms with Crippen molar-refractivity contribution in [2.75, 3.05) is 5.32 Å². The number of nitrogens with one attached hydrogen (secondary N) is 1. The number of carbonyl (C=O) groups is 1. The molecule has 24 heavy (non-hydrogen) atoms. The molecule has 4 nitrogen and oxygen atoms in total. The molecule has 0 atom stereocenters. The highest BCUT2D eigenvalue weighted by Gasteiger charge is 2.26. The average molecular weight is 353 g/mol. The summed E-state index contributed by atoms with van der Waals surface area (Å²) in [7, 11) is -4.66. The molecule has 2 aromatic carbocycles. The van der Waals surface area contributed by atoms with Gasteiger partial charge in [0.25, 0.3) is 5.91 Å². The predicted octanol–water partition coefficient (Wildman–Crippen LogP) is 3.81. The molecule has 0 saturated heterocycles. The number of sulfone groups is 1. The second-order valence-electron chi connectivity index (χ2n) is 5.25. The first-order valence-electron chi connectivity index (χ1n) is 7.29. The van der Waals surface area contributed by atoms with Crippen molar-refractivity contribution in [3.05, 3.63) is 59.2 Å². The van der Waals surface area contributed by atoms with Gasteiger partial charge in [-0.3, -0.25) is 4.79 Å². The van der Waals surface area contributed by atoms with Gasteiger partial charge in [-0.25, -0.2) is 8.42 Å². The molecule has 2 aromatic rings. The van der Waals surface area contributed by atoms with Crippen molar-refractivity contribution in [2.45, 2.75) is 30.9 Å². The summed E-state index contributed by atoms with van der Waals surface area (Å²) in [5.74, 6) is -3.92. The molecule has 1 N–H and O–H groups in total. The molecular weight excluding hydrogens is 336 g/mol. The normalized spacial score (nSPS) is 11.5. The van der Waals surface area contributed by atoms with Gasteiger partial charge in [0.1, 0.15) is 0 Å². The van der Waals surface area contributed by atoms with Gasteiger partial charge in [0.2, 0.25) is 9.84 Å². The Morgan fingerprint density at radius 2 is 1.75 bits per heavy atom. The van der Waals surface area contributed by atoms with Crippen LogP contribution in [0.3, 0.4) is 0 Å². The number of amides is 1. The lowest BCUT2D eigenvalue weighted by atomic mass is 10.1. The first kappa shape index (κ1) is 18.1. The summed E-state index contributed by atoms with van der Waals surface area (Å²) in [6.45, 7) is 3.83. The van der Waals surface area contributed by atoms with Crippen molar-refractivity contribution >= 4 is 21.4 Å². The third-order valence-corrected chi connectivity index (χ3v) is 5.06. The fraction of sp³-hybridized carbons (Fsp3) is 0.235. The van der Waals surface area contributed by atoms with Crippen LogP contribution in [0.1, 0.15) is 28.4 Å². The van der Waals surface area contributed by atoms with E-state index in [1.807, 2.05) is 32.0 Å². The van der Waals surface area contributed by atoms with Crippen molar-refractivity contribution in [1.82, 2.24) is 0 Å². The van der Waals surface area contributed by atoms with E-state index in [0.29, 0.717) is 5.69 Å². The highest BCUT2D eigenvalue weighted by Crippen LogP contribution is 2.23. The van der Waals surface area contributed by atoms with Gasteiger partial charge < -0.3 is 5.32 Å². The van der Waals surface area contributed by atoms with Crippen LogP contribution in [0.4, 0.5) is 14.5 Å². The van der Waals surface area contributed by atoms with Crippen molar-refractivity contribution in [2.24, 2.45) is 0 Å². The first-order valence-corrected chi connectivity index (χ1v) is 8.84. The summed E-state index contributed by atoms with van der Waals surface area (Å²) < 4.78 is 47.8. The largest absolute Gasteiger partial charge is 0.341 e. The molecule has 0 aliphatic carbocycles. The Kier molecular flexibility index (Phi) is 5.33. The number of aryl methyl sites for hydroxylation is 2. The summed E-state index contributed by atoms with van der Waals surface area (Å²) in [5.41, 5.74) is 2.77. The van der Waals surface area contributed by atoms with Gasteiger partial charge in [0.05, 0.1) is 4.90 Å². The molecule has 0 radical (unpaired) electrons. The van der Waals surface area contributed by atoms with E-state index in [1.165, 1.54) is 12.1 Å². The number of halogens is 2. The quantitative estimate of drug-likeness (QED) is 0.889. The number of para-hydroxylation sites is 1. The van der Waals surface area contributed by atoms with Crippen molar-refractivity contribution in [1.29, 1.82) is 0 Å². The highest BCUT2D eigenvalue weighted by atomic mass is 32.2. The SMILES string of the molecule is CCc1cccc(C)c1NC(=O)c1ccc(S(=O)(=O)C(F)F)cc1. The molecule has 0 fully saturated rings. The van der Waals surface area contributed by atoms with Crippen LogP contribution < -0.4 is 5.32 Å². The van der Waals surface area contributed by atoms with Crippen LogP contribution in [0.5, 0.6) is 0 Å². The van der Waals surface area contributed by atoms with Gasteiger partial charge in [0, 0.05) is 11.3 Å². The molecule has 1 amide bonds. The number of rotatable bonds is 5. The van der Waals surface area contributed by atoms with Gasteiger partial charge in [-0.1, -0.05) is 25.1 Å². The van der Waals surface area contributed by atoms with Gasteiger partial charge >= 0.3 is 5.76 Å². The number of hydrogen-bond donors (Lipinski definition) is 1. The Hall–Kier alpha value is -2.28. The maximum atomic E-state index is 12.5. The molecular formula is C17H17F2NO3S. The van der Waals surface area contributed by atoms with E-state index in [4.69, 9.17) is 0 Å². The zero-order valence-electron chi connectivity index (χ0n) is 13.2. The van der Waals surface area contributed by atoms with Crippen molar-refractivity contribution in [3.8, 4) is 0 Å². The summed E-state index contributed by atoms with van der Waals surface area (Å²) in [4.78, 5) is 11.8. The molecule has 0 spiro atoms. The monoisotopic (exact) mass is 353 g/mol. The molecule has 0 bridgehead atoms. The minimum absolute atomic E-state index is 0.188. The maximum Gasteiger partial charge on any atom is 0.341 e. The van der Waals surface area contributed by atoms with Gasteiger partial charge in [-0.15, -0.1) is 0 Å². The first-order chi connectivity index (χ1) is 11.3. The molecule has 0 heterocycles. The fourth-order valence-corrected chi connectivity index (χ4v) is 3.01. The standard InChI is InChI=1S/C17H17F2NO3S/c1-3-12-6-4-5-11(2)15(12)20-16(21)13-7-9-14(10-8-13)24(22,23)17(18)19/h4-10,17H,3H2,1-2H3,(H,20,21). The lowest BCUT2D eigenvalue weighted by Crippen LogP contribution is -2.15. The van der Waals surface area contributed by atoms with Crippen LogP contribution in [-0.2, 0) is 16.3 Å². The number of carbonyl (C=O) groups excluding carboxylic acids is 1. The molecule has 128 valence electrons. The summed E-state index contributed by atoms with van der Waals surface area (Å²) in [5, 5.41) is 2.79. The van der Waals surface area contributed by atoms with Crippen LogP contribution in [0, 0.1) is 6.92 Å². The lowest BCUT2D eigenvalue weighted by molar-refractivity contribution is 0.102. The van der Waals surface area contributed by atoms with Crippen molar-refractivity contribution < 1.29 is 22.0 Å². The fourth-order valence-electron chi connectivity index (χ4n) is 2.29. The molecule has 0 unspecified atom stereocenters. The zero-order chi connectivity index (χ0) is 17.9. The van der Waals surface area contributed by atoms with Crippen LogP contribution >= 0.6 is 0 Å². The lowest BCUT2D eigenvalue weighted by Gasteiger charge is -2.13. The van der Waals surface area contributed by atoms with Crippen LogP contribution in [0.15, 0.2) is 47.4 Å². The average Bonchev–Trinajstić information content (AvgIpc) is 2.56. The van der Waals surface area contributed by atoms with Gasteiger partial charge in [0.15, 0.2) is 0 Å². The molecule has 2 rings (SSSR count). The van der Waals surface area contributed by atoms with Gasteiger partial charge in [-0.2, -0.15) is 8.78 Å². The second-order valence-corrected chi connectivity index (χ2v) is 7.16. The summed E-state index contributed by atoms with van der Waals surface area (Å²) >= 11 is 0. The summed E-state index contributed by atoms with van der Waals surface area (Å²) in [6, 6.07) is 10.1. The third-order valence-electron chi connectivity index (χ3n) is 3.66. The van der Waals surface area contributed by atoms with E-state index in [9.17, 15) is 22.0 Å². The molecule has 0 aliphatic rings. The third kappa shape index (κ3) is 3.62. The van der Waals surface area contributed by atoms with E-state index in [0.717, 1.165) is 29.7 Å². The number of alkyl halides is 2. The topological polar surface area (TPSA) is 63.2 Å². The maximum absolute atomic E-state index is 12.5. The molecule has 0 aromatic heterocycles. The van der Waals surface area contributed by atoms with Crippen LogP contribution in [-0.4, -0.2) is 20.1 Å². The highest BCUT2D eigenvalue weighted by molar-refractivity contribution is 7.91. The van der Waals surface area contributed by atoms with E-state index in [2.05, 4.69) is 5.32 Å². The molecule has 0 aliphatic heterocycles. The van der Waals surface area contributed by atoms with Crippen LogP contribution in [0.2, 0.25) is 0 Å². The Balaban J connectivity index is 2.26. The minimum atomic E-state index is -4.66. The van der Waals surface area contributed by atoms with E-state index < -0.39 is 26.4 Å². The number of anilines is 1. The molecule has 7 heteroatoms. The number of benzene rings is 2. The van der Waals surface area contributed by atoms with E-state index in [-0.39, 0.29) is 5.56 Å². The van der Waals surface area contributed by atoms with Crippen molar-refractivity contribution in [3.63, 3.8) is 0 Å². The Morgan fingerprint density at radius 1 is 1.12 bits per heavy atom. The van der Waals surface area contributed by atoms with E-state index >= 15 is 0 Å². The Labute approximate surface area is 139 Å². The van der Waals surface area contributed by atoms with Gasteiger partial charge in [-0.05, 0) is 48.7 Å². The molecule has 0 saturated carbocycles. The number of hydrogen-bond acceptors (Lipinski definition) is 3. The second kappa shape index (κ2) is 7.09. The smallest absolute Gasteiger partial charge is 0.321 e.